The van der Waals surface area contributed by atoms with Gasteiger partial charge >= 0.3 is 5.97 Å². The molecule has 2 atom stereocenters. The van der Waals surface area contributed by atoms with Gasteiger partial charge in [0.2, 0.25) is 0 Å². The third kappa shape index (κ3) is 8.70. The molecule has 7 nitrogen and oxygen atoms in total. The summed E-state index contributed by atoms with van der Waals surface area (Å²) in [7, 11) is 3.10. The highest BCUT2D eigenvalue weighted by Gasteiger charge is 2.25. The number of rotatable bonds is 13. The smallest absolute Gasteiger partial charge is 0.338 e. The molecule has 0 saturated heterocycles. The lowest BCUT2D eigenvalue weighted by molar-refractivity contribution is 0.0238. The minimum atomic E-state index is -0.873. The van der Waals surface area contributed by atoms with Crippen molar-refractivity contribution in [3.8, 4) is 11.5 Å². The van der Waals surface area contributed by atoms with Crippen LogP contribution in [-0.2, 0) is 17.7 Å². The predicted molar refractivity (Wildman–Crippen MR) is 160 cm³/mol. The molecule has 4 aromatic carbocycles. The number of benzene rings is 4. The van der Waals surface area contributed by atoms with E-state index in [1.165, 1.54) is 25.3 Å². The zero-order valence-corrected chi connectivity index (χ0v) is 24.2. The van der Waals surface area contributed by atoms with Crippen LogP contribution < -0.4 is 20.5 Å². The Morgan fingerprint density at radius 2 is 1.44 bits per heavy atom. The van der Waals surface area contributed by atoms with Crippen LogP contribution in [0.25, 0.3) is 0 Å². The molecule has 0 aliphatic carbocycles. The van der Waals surface area contributed by atoms with Crippen molar-refractivity contribution in [2.75, 3.05) is 20.8 Å². The number of nitrogens with two attached hydrogens (primary N) is 1. The summed E-state index contributed by atoms with van der Waals surface area (Å²) >= 11 is 0. The Morgan fingerprint density at radius 3 is 2.14 bits per heavy atom. The summed E-state index contributed by atoms with van der Waals surface area (Å²) in [5.74, 6) is -1.17. The highest BCUT2D eigenvalue weighted by molar-refractivity contribution is 6.10. The molecule has 0 heterocycles. The van der Waals surface area contributed by atoms with Gasteiger partial charge in [-0.3, -0.25) is 4.79 Å². The number of nitrogens with one attached hydrogen (secondary N) is 1. The molecule has 0 fully saturated rings. The average Bonchev–Trinajstić information content (AvgIpc) is 2.99. The van der Waals surface area contributed by atoms with Crippen LogP contribution in [0.4, 0.5) is 8.78 Å². The van der Waals surface area contributed by atoms with Crippen LogP contribution in [0.5, 0.6) is 11.5 Å². The first-order valence-corrected chi connectivity index (χ1v) is 13.7. The highest BCUT2D eigenvalue weighted by atomic mass is 19.1. The fourth-order valence-electron chi connectivity index (χ4n) is 4.72. The van der Waals surface area contributed by atoms with Gasteiger partial charge in [0.1, 0.15) is 29.2 Å². The lowest BCUT2D eigenvalue weighted by Crippen LogP contribution is -2.46. The molecule has 0 amide bonds. The first-order valence-electron chi connectivity index (χ1n) is 13.7. The standard InChI is InChI=1S/C34H34F2N2O5/c1-21-10-25(33(39)24-7-5-9-30(17-24)42-3)16-26(11-21)34(40)43-32(20-38-19-22-6-4-8-29(14-22)41-2)31(37)15-23-12-27(35)18-28(36)13-23/h4-14,16-18,31-32,38H,15,19-20,37H2,1-3H3. The van der Waals surface area contributed by atoms with Gasteiger partial charge in [0.05, 0.1) is 19.8 Å². The van der Waals surface area contributed by atoms with E-state index in [-0.39, 0.29) is 24.3 Å². The molecule has 0 bridgehead atoms. The molecular weight excluding hydrogens is 554 g/mol. The van der Waals surface area contributed by atoms with Crippen LogP contribution in [0, 0.1) is 18.6 Å². The van der Waals surface area contributed by atoms with Gasteiger partial charge in [0.25, 0.3) is 0 Å². The second-order valence-corrected chi connectivity index (χ2v) is 10.2. The Bertz CT molecular complexity index is 1570. The van der Waals surface area contributed by atoms with Crippen LogP contribution in [0.3, 0.4) is 0 Å². The first kappa shape index (κ1) is 31.3. The van der Waals surface area contributed by atoms with Crippen LogP contribution in [-0.4, -0.2) is 44.7 Å². The number of esters is 1. The first-order chi connectivity index (χ1) is 20.6. The molecular formula is C34H34F2N2O5. The molecule has 43 heavy (non-hydrogen) atoms. The number of ether oxygens (including phenoxy) is 3. The Hall–Kier alpha value is -4.60. The number of halogens is 2. The van der Waals surface area contributed by atoms with E-state index in [2.05, 4.69) is 5.32 Å². The van der Waals surface area contributed by atoms with Crippen LogP contribution in [0.2, 0.25) is 0 Å². The van der Waals surface area contributed by atoms with Gasteiger partial charge in [-0.1, -0.05) is 24.3 Å². The molecule has 0 saturated carbocycles. The van der Waals surface area contributed by atoms with Crippen LogP contribution in [0.15, 0.2) is 84.9 Å². The Kier molecular flexibility index (Phi) is 10.6. The normalized spacial score (nSPS) is 12.3. The van der Waals surface area contributed by atoms with Gasteiger partial charge in [-0.2, -0.15) is 0 Å². The van der Waals surface area contributed by atoms with Gasteiger partial charge in [-0.05, 0) is 84.6 Å². The minimum absolute atomic E-state index is 0.0564. The molecule has 0 radical (unpaired) electrons. The second-order valence-electron chi connectivity index (χ2n) is 10.2. The molecule has 224 valence electrons. The van der Waals surface area contributed by atoms with E-state index >= 15 is 0 Å². The van der Waals surface area contributed by atoms with E-state index in [1.54, 1.807) is 50.4 Å². The lowest BCUT2D eigenvalue weighted by atomic mass is 9.98. The zero-order valence-electron chi connectivity index (χ0n) is 24.2. The molecule has 4 rings (SSSR count). The van der Waals surface area contributed by atoms with Gasteiger partial charge in [-0.15, -0.1) is 0 Å². The molecule has 9 heteroatoms. The Balaban J connectivity index is 1.54. The monoisotopic (exact) mass is 588 g/mol. The van der Waals surface area contributed by atoms with Crippen molar-refractivity contribution in [1.82, 2.24) is 5.32 Å². The third-order valence-electron chi connectivity index (χ3n) is 6.85. The summed E-state index contributed by atoms with van der Waals surface area (Å²) in [6.45, 7) is 2.36. The molecule has 2 unspecified atom stereocenters. The number of ketones is 1. The summed E-state index contributed by atoms with van der Waals surface area (Å²) in [6.07, 6.45) is -0.816. The largest absolute Gasteiger partial charge is 0.497 e. The van der Waals surface area contributed by atoms with E-state index in [1.807, 2.05) is 24.3 Å². The Morgan fingerprint density at radius 1 is 0.791 bits per heavy atom. The molecule has 4 aromatic rings. The van der Waals surface area contributed by atoms with E-state index < -0.39 is 29.7 Å². The average molecular weight is 589 g/mol. The van der Waals surface area contributed by atoms with Crippen molar-refractivity contribution >= 4 is 11.8 Å². The number of carbonyl (C=O) groups is 2. The van der Waals surface area contributed by atoms with Crippen molar-refractivity contribution in [2.24, 2.45) is 5.73 Å². The topological polar surface area (TPSA) is 99.9 Å². The van der Waals surface area contributed by atoms with Crippen molar-refractivity contribution in [3.05, 3.63) is 130 Å². The molecule has 0 aliphatic heterocycles. The molecule has 3 N–H and O–H groups in total. The fraction of sp³-hybridized carbons (Fsp3) is 0.235. The summed E-state index contributed by atoms with van der Waals surface area (Å²) in [5.41, 5.74) is 9.32. The van der Waals surface area contributed by atoms with Gasteiger partial charge in [0, 0.05) is 36.3 Å². The fourth-order valence-corrected chi connectivity index (χ4v) is 4.72. The van der Waals surface area contributed by atoms with E-state index in [9.17, 15) is 18.4 Å². The van der Waals surface area contributed by atoms with Crippen molar-refractivity contribution < 1.29 is 32.6 Å². The van der Waals surface area contributed by atoms with Gasteiger partial charge in [0.15, 0.2) is 5.78 Å². The number of hydrogen-bond acceptors (Lipinski definition) is 7. The third-order valence-corrected chi connectivity index (χ3v) is 6.85. The maximum absolute atomic E-state index is 13.8. The van der Waals surface area contributed by atoms with E-state index in [0.717, 1.165) is 11.6 Å². The van der Waals surface area contributed by atoms with Gasteiger partial charge < -0.3 is 25.3 Å². The molecule has 0 spiro atoms. The number of hydrogen-bond donors (Lipinski definition) is 2. The zero-order chi connectivity index (χ0) is 30.9. The van der Waals surface area contributed by atoms with Crippen molar-refractivity contribution in [1.29, 1.82) is 0 Å². The second kappa shape index (κ2) is 14.5. The van der Waals surface area contributed by atoms with Crippen LogP contribution in [0.1, 0.15) is 43.0 Å². The Labute approximate surface area is 249 Å². The summed E-state index contributed by atoms with van der Waals surface area (Å²) in [6, 6.07) is 21.4. The van der Waals surface area contributed by atoms with E-state index in [0.29, 0.717) is 40.3 Å². The summed E-state index contributed by atoms with van der Waals surface area (Å²) < 4.78 is 44.1. The highest BCUT2D eigenvalue weighted by Crippen LogP contribution is 2.20. The summed E-state index contributed by atoms with van der Waals surface area (Å²) in [4.78, 5) is 26.7. The van der Waals surface area contributed by atoms with Crippen molar-refractivity contribution in [3.63, 3.8) is 0 Å². The van der Waals surface area contributed by atoms with Gasteiger partial charge in [-0.25, -0.2) is 13.6 Å². The van der Waals surface area contributed by atoms with Crippen molar-refractivity contribution in [2.45, 2.75) is 32.0 Å². The number of carbonyl (C=O) groups excluding carboxylic acids is 2. The van der Waals surface area contributed by atoms with E-state index in [4.69, 9.17) is 19.9 Å². The molecule has 0 aromatic heterocycles. The number of methoxy groups -OCH3 is 2. The summed E-state index contributed by atoms with van der Waals surface area (Å²) in [5, 5.41) is 3.25. The SMILES string of the molecule is COc1cccc(CNCC(OC(=O)c2cc(C)cc(C(=O)c3cccc(OC)c3)c2)C(N)Cc2cc(F)cc(F)c2)c1. The molecule has 0 aliphatic rings. The minimum Gasteiger partial charge on any atom is -0.497 e. The number of aryl methyl sites for hydroxylation is 1. The lowest BCUT2D eigenvalue weighted by Gasteiger charge is -2.25. The maximum Gasteiger partial charge on any atom is 0.338 e. The predicted octanol–water partition coefficient (Wildman–Crippen LogP) is 5.41. The van der Waals surface area contributed by atoms with Crippen LogP contribution >= 0.6 is 0 Å². The maximum atomic E-state index is 13.8. The quantitative estimate of drug-likeness (QED) is 0.159.